The number of nitroso groups, excluding NO2 is 1. The molecule has 0 saturated heterocycles. The molecule has 3 rings (SSSR count). The van der Waals surface area contributed by atoms with Crippen LogP contribution in [0.5, 0.6) is 0 Å². The number of nitro benzene ring substituents is 1. The van der Waals surface area contributed by atoms with Crippen molar-refractivity contribution >= 4 is 41.0 Å². The Hall–Kier alpha value is -5.33. The molecule has 0 aliphatic rings. The Labute approximate surface area is 229 Å². The molecule has 0 saturated carbocycles. The van der Waals surface area contributed by atoms with Gasteiger partial charge in [-0.3, -0.25) is 24.5 Å². The smallest absolute Gasteiger partial charge is 0.300 e. The molecule has 0 bridgehead atoms. The number of anilines is 2. The number of nitro groups is 1. The molecule has 0 aromatic heterocycles. The van der Waals surface area contributed by atoms with Crippen LogP contribution in [-0.2, 0) is 27.2 Å². The number of amides is 3. The maximum atomic E-state index is 13.1. The first-order valence-corrected chi connectivity index (χ1v) is 12.3. The van der Waals surface area contributed by atoms with E-state index in [1.165, 1.54) is 6.07 Å². The van der Waals surface area contributed by atoms with Gasteiger partial charge in [0.05, 0.1) is 16.3 Å². The van der Waals surface area contributed by atoms with Crippen LogP contribution in [0.25, 0.3) is 0 Å². The Bertz CT molecular complexity index is 1340. The van der Waals surface area contributed by atoms with Crippen molar-refractivity contribution in [1.82, 2.24) is 16.0 Å². The topological polar surface area (TPSA) is 198 Å². The quantitative estimate of drug-likeness (QED) is 0.0476. The van der Waals surface area contributed by atoms with Gasteiger partial charge >= 0.3 is 5.69 Å². The van der Waals surface area contributed by atoms with Crippen LogP contribution in [0.1, 0.15) is 11.1 Å². The second kappa shape index (κ2) is 14.6. The van der Waals surface area contributed by atoms with Gasteiger partial charge in [-0.2, -0.15) is 0 Å². The standard InChI is InChI=1S/C27H29N7O6/c28-24-20(11-12-23(34(39)40)25(24)33-38)29-13-14-30-26(36)22(16-19-9-5-2-6-10-19)32-27(37)21(31-17-35)15-18-7-3-1-4-8-18/h1-12,17,21-22,29H,13-16,28H2,(H,30,36)(H,31,35)(H,32,37). The summed E-state index contributed by atoms with van der Waals surface area (Å²) in [7, 11) is 0. The monoisotopic (exact) mass is 547 g/mol. The molecule has 6 N–H and O–H groups in total. The minimum atomic E-state index is -0.947. The Morgan fingerprint density at radius 3 is 2.05 bits per heavy atom. The van der Waals surface area contributed by atoms with Crippen molar-refractivity contribution in [3.8, 4) is 0 Å². The van der Waals surface area contributed by atoms with E-state index in [2.05, 4.69) is 26.4 Å². The van der Waals surface area contributed by atoms with Gasteiger partial charge < -0.3 is 27.0 Å². The minimum Gasteiger partial charge on any atom is -0.395 e. The Kier molecular flexibility index (Phi) is 10.6. The average Bonchev–Trinajstić information content (AvgIpc) is 2.96. The summed E-state index contributed by atoms with van der Waals surface area (Å²) in [4.78, 5) is 58.8. The first-order chi connectivity index (χ1) is 19.3. The summed E-state index contributed by atoms with van der Waals surface area (Å²) < 4.78 is 0. The number of nitrogens with two attached hydrogens (primary N) is 1. The molecule has 0 fully saturated rings. The lowest BCUT2D eigenvalue weighted by Gasteiger charge is -2.22. The summed E-state index contributed by atoms with van der Waals surface area (Å²) in [5.74, 6) is -0.979. The van der Waals surface area contributed by atoms with Gasteiger partial charge in [0.2, 0.25) is 23.9 Å². The average molecular weight is 548 g/mol. The summed E-state index contributed by atoms with van der Waals surface area (Å²) in [6.45, 7) is 0.252. The third-order valence-corrected chi connectivity index (χ3v) is 6.01. The second-order valence-electron chi connectivity index (χ2n) is 8.74. The highest BCUT2D eigenvalue weighted by molar-refractivity contribution is 5.91. The van der Waals surface area contributed by atoms with Gasteiger partial charge in [-0.15, -0.1) is 4.91 Å². The molecule has 3 aromatic rings. The van der Waals surface area contributed by atoms with E-state index in [1.54, 1.807) is 0 Å². The molecule has 13 heteroatoms. The lowest BCUT2D eigenvalue weighted by Crippen LogP contribution is -2.54. The van der Waals surface area contributed by atoms with Crippen LogP contribution >= 0.6 is 0 Å². The van der Waals surface area contributed by atoms with Crippen LogP contribution in [0.15, 0.2) is 78.0 Å². The Morgan fingerprint density at radius 2 is 1.50 bits per heavy atom. The fourth-order valence-corrected chi connectivity index (χ4v) is 3.99. The number of hydrogen-bond donors (Lipinski definition) is 5. The molecule has 0 heterocycles. The number of nitrogens with one attached hydrogen (secondary N) is 4. The van der Waals surface area contributed by atoms with Crippen LogP contribution in [-0.4, -0.2) is 48.3 Å². The van der Waals surface area contributed by atoms with Gasteiger partial charge in [0.15, 0.2) is 0 Å². The van der Waals surface area contributed by atoms with Crippen LogP contribution in [0.4, 0.5) is 22.7 Å². The number of benzene rings is 3. The van der Waals surface area contributed by atoms with Gasteiger partial charge in [0.1, 0.15) is 12.1 Å². The van der Waals surface area contributed by atoms with E-state index in [-0.39, 0.29) is 37.3 Å². The molecule has 40 heavy (non-hydrogen) atoms. The fourth-order valence-electron chi connectivity index (χ4n) is 3.99. The van der Waals surface area contributed by atoms with Crippen molar-refractivity contribution < 1.29 is 19.3 Å². The number of carbonyl (C=O) groups is 3. The van der Waals surface area contributed by atoms with Gasteiger partial charge in [0.25, 0.3) is 0 Å². The molecule has 2 atom stereocenters. The fraction of sp³-hybridized carbons (Fsp3) is 0.222. The van der Waals surface area contributed by atoms with Gasteiger partial charge in [0, 0.05) is 32.0 Å². The summed E-state index contributed by atoms with van der Waals surface area (Å²) in [5, 5.41) is 24.6. The molecule has 3 amide bonds. The largest absolute Gasteiger partial charge is 0.395 e. The predicted octanol–water partition coefficient (Wildman–Crippen LogP) is 2.19. The van der Waals surface area contributed by atoms with Crippen LogP contribution in [0.3, 0.4) is 0 Å². The minimum absolute atomic E-state index is 0.0975. The van der Waals surface area contributed by atoms with E-state index < -0.39 is 40.2 Å². The Morgan fingerprint density at radius 1 is 0.900 bits per heavy atom. The molecular weight excluding hydrogens is 518 g/mol. The molecule has 0 radical (unpaired) electrons. The zero-order valence-electron chi connectivity index (χ0n) is 21.4. The molecule has 0 aliphatic carbocycles. The van der Waals surface area contributed by atoms with Crippen molar-refractivity contribution in [2.24, 2.45) is 5.18 Å². The molecule has 208 valence electrons. The first kappa shape index (κ1) is 29.2. The van der Waals surface area contributed by atoms with Crippen molar-refractivity contribution in [1.29, 1.82) is 0 Å². The molecular formula is C27H29N7O6. The van der Waals surface area contributed by atoms with Crippen molar-refractivity contribution in [3.05, 3.63) is 98.9 Å². The van der Waals surface area contributed by atoms with Crippen molar-refractivity contribution in [2.45, 2.75) is 24.9 Å². The highest BCUT2D eigenvalue weighted by Gasteiger charge is 2.26. The third-order valence-electron chi connectivity index (χ3n) is 6.01. The summed E-state index contributed by atoms with van der Waals surface area (Å²) in [5.41, 5.74) is 6.56. The van der Waals surface area contributed by atoms with Crippen LogP contribution in [0.2, 0.25) is 0 Å². The number of hydrogen-bond acceptors (Lipinski definition) is 9. The van der Waals surface area contributed by atoms with E-state index in [0.717, 1.165) is 17.2 Å². The van der Waals surface area contributed by atoms with Gasteiger partial charge in [-0.05, 0) is 22.4 Å². The van der Waals surface area contributed by atoms with Crippen molar-refractivity contribution in [3.63, 3.8) is 0 Å². The first-order valence-electron chi connectivity index (χ1n) is 12.3. The van der Waals surface area contributed by atoms with Gasteiger partial charge in [-0.25, -0.2) is 0 Å². The van der Waals surface area contributed by atoms with E-state index >= 15 is 0 Å². The zero-order chi connectivity index (χ0) is 28.9. The maximum absolute atomic E-state index is 13.1. The van der Waals surface area contributed by atoms with Gasteiger partial charge in [-0.1, -0.05) is 60.7 Å². The summed E-state index contributed by atoms with van der Waals surface area (Å²) >= 11 is 0. The van der Waals surface area contributed by atoms with E-state index in [0.29, 0.717) is 6.41 Å². The summed E-state index contributed by atoms with van der Waals surface area (Å²) in [6, 6.07) is 18.9. The zero-order valence-corrected chi connectivity index (χ0v) is 21.4. The molecule has 3 aromatic carbocycles. The van der Waals surface area contributed by atoms with E-state index in [4.69, 9.17) is 5.73 Å². The highest BCUT2D eigenvalue weighted by Crippen LogP contribution is 2.38. The number of nitrogens with zero attached hydrogens (tertiary/aromatic N) is 2. The Balaban J connectivity index is 1.66. The molecule has 13 nitrogen and oxygen atoms in total. The lowest BCUT2D eigenvalue weighted by atomic mass is 10.0. The second-order valence-corrected chi connectivity index (χ2v) is 8.74. The normalized spacial score (nSPS) is 11.9. The molecule has 2 unspecified atom stereocenters. The number of rotatable bonds is 15. The van der Waals surface area contributed by atoms with E-state index in [1.807, 2.05) is 60.7 Å². The van der Waals surface area contributed by atoms with Crippen LogP contribution in [0, 0.1) is 15.0 Å². The molecule has 0 aliphatic heterocycles. The SMILES string of the molecule is Nc1c(NCCNC(=O)C(Cc2ccccc2)NC(=O)C(Cc2ccccc2)NC=O)ccc([N+](=O)[O-])c1N=O. The highest BCUT2D eigenvalue weighted by atomic mass is 16.6. The lowest BCUT2D eigenvalue weighted by molar-refractivity contribution is -0.384. The third kappa shape index (κ3) is 8.08. The summed E-state index contributed by atoms with van der Waals surface area (Å²) in [6.07, 6.45) is 0.887. The van der Waals surface area contributed by atoms with Crippen molar-refractivity contribution in [2.75, 3.05) is 24.1 Å². The number of nitrogen functional groups attached to an aromatic ring is 1. The number of carbonyl (C=O) groups excluding carboxylic acids is 3. The maximum Gasteiger partial charge on any atom is 0.300 e. The predicted molar refractivity (Wildman–Crippen MR) is 150 cm³/mol. The van der Waals surface area contributed by atoms with E-state index in [9.17, 15) is 29.4 Å². The van der Waals surface area contributed by atoms with Crippen LogP contribution < -0.4 is 27.0 Å². The molecule has 0 spiro atoms.